The fourth-order valence-electron chi connectivity index (χ4n) is 2.43. The first kappa shape index (κ1) is 16.0. The summed E-state index contributed by atoms with van der Waals surface area (Å²) in [4.78, 5) is 2.22. The second-order valence-corrected chi connectivity index (χ2v) is 5.79. The van der Waals surface area contributed by atoms with E-state index in [-0.39, 0.29) is 12.1 Å². The molecule has 0 aliphatic heterocycles. The van der Waals surface area contributed by atoms with Gasteiger partial charge in [-0.05, 0) is 45.4 Å². The Kier molecular flexibility index (Phi) is 5.83. The minimum atomic E-state index is -0.262. The predicted octanol–water partition coefficient (Wildman–Crippen LogP) is 2.49. The number of hydrogen-bond donors (Lipinski definition) is 2. The highest BCUT2D eigenvalue weighted by atomic mass is 16.3. The van der Waals surface area contributed by atoms with Gasteiger partial charge in [-0.2, -0.15) is 0 Å². The molecule has 1 aromatic carbocycles. The van der Waals surface area contributed by atoms with Gasteiger partial charge in [0.25, 0.3) is 0 Å². The zero-order valence-electron chi connectivity index (χ0n) is 13.0. The fraction of sp³-hybridized carbons (Fsp3) is 0.625. The van der Waals surface area contributed by atoms with Gasteiger partial charge in [-0.1, -0.05) is 24.6 Å². The van der Waals surface area contributed by atoms with Gasteiger partial charge in [0.15, 0.2) is 0 Å². The maximum Gasteiger partial charge on any atom is 0.0627 e. The average Bonchev–Trinajstić information content (AvgIpc) is 2.36. The lowest BCUT2D eigenvalue weighted by molar-refractivity contribution is 0.179. The minimum Gasteiger partial charge on any atom is -0.394 e. The van der Waals surface area contributed by atoms with E-state index in [0.29, 0.717) is 0 Å². The number of nitrogens with one attached hydrogen (secondary N) is 1. The molecule has 0 fully saturated rings. The summed E-state index contributed by atoms with van der Waals surface area (Å²) in [5.41, 5.74) is 3.52. The Bertz CT molecular complexity index is 406. The van der Waals surface area contributed by atoms with Gasteiger partial charge in [0.2, 0.25) is 0 Å². The van der Waals surface area contributed by atoms with Gasteiger partial charge in [-0.3, -0.25) is 0 Å². The van der Waals surface area contributed by atoms with Crippen LogP contribution in [0.1, 0.15) is 31.4 Å². The molecule has 1 rings (SSSR count). The molecule has 0 spiro atoms. The van der Waals surface area contributed by atoms with Crippen LogP contribution in [0.5, 0.6) is 0 Å². The Labute approximate surface area is 117 Å². The number of nitrogens with zero attached hydrogens (tertiary/aromatic N) is 1. The molecule has 1 atom stereocenters. The van der Waals surface area contributed by atoms with Gasteiger partial charge in [0.1, 0.15) is 0 Å². The van der Waals surface area contributed by atoms with Crippen molar-refractivity contribution >= 4 is 5.69 Å². The summed E-state index contributed by atoms with van der Waals surface area (Å²) >= 11 is 0. The summed E-state index contributed by atoms with van der Waals surface area (Å²) in [6, 6.07) is 6.48. The number of likely N-dealkylation sites (N-methyl/N-ethyl adjacent to an activating group) is 1. The van der Waals surface area contributed by atoms with E-state index in [1.165, 1.54) is 16.8 Å². The second-order valence-electron chi connectivity index (χ2n) is 5.79. The standard InChI is InChI=1S/C16H28N2O/c1-6-9-17-16(4,12-19)11-18(5)15-8-7-13(2)10-14(15)3/h7-8,10,17,19H,6,9,11-12H2,1-5H3. The normalized spacial score (nSPS) is 14.2. The molecule has 0 radical (unpaired) electrons. The predicted molar refractivity (Wildman–Crippen MR) is 83.0 cm³/mol. The SMILES string of the molecule is CCCNC(C)(CO)CN(C)c1ccc(C)cc1C. The van der Waals surface area contributed by atoms with Crippen molar-refractivity contribution in [2.75, 3.05) is 31.6 Å². The number of benzene rings is 1. The number of hydrogen-bond acceptors (Lipinski definition) is 3. The Morgan fingerprint density at radius 2 is 2.00 bits per heavy atom. The molecule has 0 amide bonds. The molecule has 0 aliphatic carbocycles. The van der Waals surface area contributed by atoms with Crippen LogP contribution < -0.4 is 10.2 Å². The van der Waals surface area contributed by atoms with E-state index in [0.717, 1.165) is 19.5 Å². The molecule has 2 N–H and O–H groups in total. The van der Waals surface area contributed by atoms with Crippen LogP contribution in [-0.4, -0.2) is 37.4 Å². The highest BCUT2D eigenvalue weighted by Gasteiger charge is 2.24. The number of rotatable bonds is 7. The van der Waals surface area contributed by atoms with Crippen LogP contribution in [0.3, 0.4) is 0 Å². The first-order chi connectivity index (χ1) is 8.91. The van der Waals surface area contributed by atoms with E-state index >= 15 is 0 Å². The third kappa shape index (κ3) is 4.51. The number of aliphatic hydroxyl groups is 1. The summed E-state index contributed by atoms with van der Waals surface area (Å²) in [5, 5.41) is 13.1. The minimum absolute atomic E-state index is 0.141. The Morgan fingerprint density at radius 3 is 2.53 bits per heavy atom. The van der Waals surface area contributed by atoms with E-state index in [1.807, 2.05) is 0 Å². The van der Waals surface area contributed by atoms with Crippen molar-refractivity contribution in [1.29, 1.82) is 0 Å². The summed E-state index contributed by atoms with van der Waals surface area (Å²) in [6.07, 6.45) is 1.07. The van der Waals surface area contributed by atoms with Crippen LogP contribution in [0.2, 0.25) is 0 Å². The molecule has 0 heterocycles. The van der Waals surface area contributed by atoms with E-state index in [2.05, 4.69) is 63.2 Å². The Hall–Kier alpha value is -1.06. The lowest BCUT2D eigenvalue weighted by Gasteiger charge is -2.35. The maximum absolute atomic E-state index is 9.63. The number of aliphatic hydroxyl groups excluding tert-OH is 1. The molecule has 3 nitrogen and oxygen atoms in total. The van der Waals surface area contributed by atoms with Crippen molar-refractivity contribution in [3.05, 3.63) is 29.3 Å². The molecule has 3 heteroatoms. The van der Waals surface area contributed by atoms with Crippen LogP contribution in [0, 0.1) is 13.8 Å². The van der Waals surface area contributed by atoms with Crippen molar-refractivity contribution in [2.24, 2.45) is 0 Å². The topological polar surface area (TPSA) is 35.5 Å². The van der Waals surface area contributed by atoms with E-state index < -0.39 is 0 Å². The molecule has 1 aromatic rings. The first-order valence-electron chi connectivity index (χ1n) is 7.06. The van der Waals surface area contributed by atoms with Gasteiger partial charge in [0, 0.05) is 19.3 Å². The molecule has 0 aliphatic rings. The number of aryl methyl sites for hydroxylation is 2. The number of anilines is 1. The second kappa shape index (κ2) is 6.92. The largest absolute Gasteiger partial charge is 0.394 e. The van der Waals surface area contributed by atoms with Gasteiger partial charge in [0.05, 0.1) is 12.1 Å². The molecule has 0 bridgehead atoms. The Balaban J connectivity index is 2.79. The van der Waals surface area contributed by atoms with Crippen molar-refractivity contribution in [3.63, 3.8) is 0 Å². The van der Waals surface area contributed by atoms with Crippen LogP contribution in [0.15, 0.2) is 18.2 Å². The lowest BCUT2D eigenvalue weighted by Crippen LogP contribution is -2.53. The molecule has 0 saturated heterocycles. The average molecular weight is 264 g/mol. The molecular weight excluding hydrogens is 236 g/mol. The van der Waals surface area contributed by atoms with Crippen LogP contribution >= 0.6 is 0 Å². The summed E-state index contributed by atoms with van der Waals surface area (Å²) in [7, 11) is 2.08. The first-order valence-corrected chi connectivity index (χ1v) is 7.06. The molecular formula is C16H28N2O. The van der Waals surface area contributed by atoms with Crippen LogP contribution in [0.25, 0.3) is 0 Å². The van der Waals surface area contributed by atoms with Crippen molar-refractivity contribution in [2.45, 2.75) is 39.7 Å². The summed E-state index contributed by atoms with van der Waals surface area (Å²) < 4.78 is 0. The lowest BCUT2D eigenvalue weighted by atomic mass is 10.0. The van der Waals surface area contributed by atoms with Crippen LogP contribution in [-0.2, 0) is 0 Å². The maximum atomic E-state index is 9.63. The highest BCUT2D eigenvalue weighted by Crippen LogP contribution is 2.21. The monoisotopic (exact) mass is 264 g/mol. The zero-order valence-corrected chi connectivity index (χ0v) is 13.0. The summed E-state index contributed by atoms with van der Waals surface area (Å²) in [6.45, 7) is 10.3. The molecule has 108 valence electrons. The quantitative estimate of drug-likeness (QED) is 0.794. The third-order valence-electron chi connectivity index (χ3n) is 3.50. The van der Waals surface area contributed by atoms with Gasteiger partial charge in [-0.25, -0.2) is 0 Å². The van der Waals surface area contributed by atoms with Gasteiger partial charge < -0.3 is 15.3 Å². The summed E-state index contributed by atoms with van der Waals surface area (Å²) in [5.74, 6) is 0. The Morgan fingerprint density at radius 1 is 1.32 bits per heavy atom. The molecule has 19 heavy (non-hydrogen) atoms. The van der Waals surface area contributed by atoms with E-state index in [9.17, 15) is 5.11 Å². The van der Waals surface area contributed by atoms with Gasteiger partial charge in [-0.15, -0.1) is 0 Å². The highest BCUT2D eigenvalue weighted by molar-refractivity contribution is 5.54. The zero-order chi connectivity index (χ0) is 14.5. The van der Waals surface area contributed by atoms with Gasteiger partial charge >= 0.3 is 0 Å². The molecule has 1 unspecified atom stereocenters. The van der Waals surface area contributed by atoms with Crippen molar-refractivity contribution in [3.8, 4) is 0 Å². The smallest absolute Gasteiger partial charge is 0.0627 e. The van der Waals surface area contributed by atoms with Crippen LogP contribution in [0.4, 0.5) is 5.69 Å². The van der Waals surface area contributed by atoms with Crippen molar-refractivity contribution in [1.82, 2.24) is 5.32 Å². The molecule has 0 saturated carbocycles. The van der Waals surface area contributed by atoms with E-state index in [1.54, 1.807) is 0 Å². The molecule has 0 aromatic heterocycles. The fourth-order valence-corrected chi connectivity index (χ4v) is 2.43. The third-order valence-corrected chi connectivity index (χ3v) is 3.50. The van der Waals surface area contributed by atoms with E-state index in [4.69, 9.17) is 0 Å². The van der Waals surface area contributed by atoms with Crippen molar-refractivity contribution < 1.29 is 5.11 Å².